The molecule has 0 aliphatic heterocycles. The molecule has 1 heterocycles. The third-order valence-corrected chi connectivity index (χ3v) is 5.62. The van der Waals surface area contributed by atoms with Gasteiger partial charge in [0.1, 0.15) is 11.3 Å². The minimum atomic E-state index is -0.117. The van der Waals surface area contributed by atoms with Crippen molar-refractivity contribution in [2.24, 2.45) is 0 Å². The molecule has 0 fully saturated rings. The Morgan fingerprint density at radius 2 is 2.00 bits per heavy atom. The number of halogens is 2. The van der Waals surface area contributed by atoms with E-state index in [0.29, 0.717) is 22.3 Å². The Hall–Kier alpha value is -2.43. The minimum Gasteiger partial charge on any atom is -0.496 e. The zero-order chi connectivity index (χ0) is 21.8. The quantitative estimate of drug-likeness (QED) is 0.313. The molecule has 1 amide bonds. The first-order valence-corrected chi connectivity index (χ1v) is 10.6. The standard InChI is InChI=1S/C24H25Cl2NO3/c1-5-6-9-27-22(28)10-14(2)18-12-19-20(17-8-7-16(25)11-21(17)26)13-30-24(19)15(3)23(18)29-4/h7-8,10-13H,5-6,9H2,1-4H3,(H,27,28)/b14-10+. The van der Waals surface area contributed by atoms with E-state index in [4.69, 9.17) is 32.4 Å². The van der Waals surface area contributed by atoms with E-state index in [1.807, 2.05) is 26.0 Å². The molecule has 0 aliphatic carbocycles. The summed E-state index contributed by atoms with van der Waals surface area (Å²) in [6.45, 7) is 6.59. The molecule has 0 saturated carbocycles. The number of unbranched alkanes of at least 4 members (excludes halogenated alkanes) is 1. The van der Waals surface area contributed by atoms with Crippen LogP contribution in [0.3, 0.4) is 0 Å². The van der Waals surface area contributed by atoms with Crippen molar-refractivity contribution in [2.45, 2.75) is 33.6 Å². The van der Waals surface area contributed by atoms with E-state index < -0.39 is 0 Å². The van der Waals surface area contributed by atoms with Gasteiger partial charge < -0.3 is 14.5 Å². The summed E-state index contributed by atoms with van der Waals surface area (Å²) in [5.41, 5.74) is 4.91. The molecule has 30 heavy (non-hydrogen) atoms. The number of ether oxygens (including phenoxy) is 1. The minimum absolute atomic E-state index is 0.117. The number of carbonyl (C=O) groups is 1. The summed E-state index contributed by atoms with van der Waals surface area (Å²) in [6, 6.07) is 7.36. The van der Waals surface area contributed by atoms with Crippen molar-refractivity contribution in [3.63, 3.8) is 0 Å². The molecule has 0 unspecified atom stereocenters. The molecule has 6 heteroatoms. The van der Waals surface area contributed by atoms with Gasteiger partial charge in [0, 0.05) is 45.3 Å². The molecule has 0 spiro atoms. The van der Waals surface area contributed by atoms with E-state index in [0.717, 1.165) is 51.6 Å². The molecule has 2 aromatic carbocycles. The second-order valence-corrected chi connectivity index (χ2v) is 8.05. The van der Waals surface area contributed by atoms with E-state index in [1.54, 1.807) is 31.6 Å². The number of furan rings is 1. The van der Waals surface area contributed by atoms with Gasteiger partial charge in [-0.3, -0.25) is 4.79 Å². The number of nitrogens with one attached hydrogen (secondary N) is 1. The summed E-state index contributed by atoms with van der Waals surface area (Å²) in [5.74, 6) is 0.564. The lowest BCUT2D eigenvalue weighted by atomic mass is 9.96. The van der Waals surface area contributed by atoms with Gasteiger partial charge in [0.05, 0.1) is 18.4 Å². The van der Waals surface area contributed by atoms with Crippen molar-refractivity contribution in [1.82, 2.24) is 5.32 Å². The first-order valence-electron chi connectivity index (χ1n) is 9.88. The lowest BCUT2D eigenvalue weighted by Crippen LogP contribution is -2.22. The van der Waals surface area contributed by atoms with E-state index in [2.05, 4.69) is 12.2 Å². The van der Waals surface area contributed by atoms with Crippen LogP contribution in [0.1, 0.15) is 37.8 Å². The van der Waals surface area contributed by atoms with Crippen molar-refractivity contribution in [3.05, 3.63) is 57.8 Å². The van der Waals surface area contributed by atoms with Crippen LogP contribution < -0.4 is 10.1 Å². The van der Waals surface area contributed by atoms with Gasteiger partial charge in [-0.1, -0.05) is 42.6 Å². The molecule has 4 nitrogen and oxygen atoms in total. The van der Waals surface area contributed by atoms with Crippen LogP contribution in [0.25, 0.3) is 27.7 Å². The molecule has 1 N–H and O–H groups in total. The second-order valence-electron chi connectivity index (χ2n) is 7.20. The number of amides is 1. The maximum absolute atomic E-state index is 12.3. The highest BCUT2D eigenvalue weighted by Gasteiger charge is 2.19. The van der Waals surface area contributed by atoms with Gasteiger partial charge in [0.15, 0.2) is 0 Å². The largest absolute Gasteiger partial charge is 0.496 e. The predicted octanol–water partition coefficient (Wildman–Crippen LogP) is 7.04. The van der Waals surface area contributed by atoms with Crippen molar-refractivity contribution in [2.75, 3.05) is 13.7 Å². The van der Waals surface area contributed by atoms with Crippen molar-refractivity contribution in [3.8, 4) is 16.9 Å². The Morgan fingerprint density at radius 1 is 1.23 bits per heavy atom. The normalized spacial score (nSPS) is 11.7. The average molecular weight is 446 g/mol. The first kappa shape index (κ1) is 22.3. The van der Waals surface area contributed by atoms with Crippen molar-refractivity contribution in [1.29, 1.82) is 0 Å². The number of methoxy groups -OCH3 is 1. The van der Waals surface area contributed by atoms with Crippen LogP contribution in [0, 0.1) is 6.92 Å². The van der Waals surface area contributed by atoms with E-state index in [-0.39, 0.29) is 5.91 Å². The summed E-state index contributed by atoms with van der Waals surface area (Å²) in [7, 11) is 1.62. The lowest BCUT2D eigenvalue weighted by molar-refractivity contribution is -0.116. The molecular weight excluding hydrogens is 421 g/mol. The molecule has 0 bridgehead atoms. The van der Waals surface area contributed by atoms with Gasteiger partial charge in [-0.05, 0) is 44.0 Å². The Morgan fingerprint density at radius 3 is 2.67 bits per heavy atom. The van der Waals surface area contributed by atoms with Gasteiger partial charge in [-0.2, -0.15) is 0 Å². The third kappa shape index (κ3) is 4.50. The highest BCUT2D eigenvalue weighted by molar-refractivity contribution is 6.36. The van der Waals surface area contributed by atoms with Crippen LogP contribution in [0.4, 0.5) is 0 Å². The first-order chi connectivity index (χ1) is 14.4. The zero-order valence-electron chi connectivity index (χ0n) is 17.6. The maximum atomic E-state index is 12.3. The highest BCUT2D eigenvalue weighted by Crippen LogP contribution is 2.42. The summed E-state index contributed by atoms with van der Waals surface area (Å²) < 4.78 is 11.5. The summed E-state index contributed by atoms with van der Waals surface area (Å²) in [6.07, 6.45) is 5.27. The molecule has 0 atom stereocenters. The number of allylic oxidation sites excluding steroid dienone is 1. The lowest BCUT2D eigenvalue weighted by Gasteiger charge is -2.13. The smallest absolute Gasteiger partial charge is 0.244 e. The van der Waals surface area contributed by atoms with Crippen LogP contribution in [0.15, 0.2) is 41.0 Å². The van der Waals surface area contributed by atoms with Crippen molar-refractivity contribution < 1.29 is 13.9 Å². The van der Waals surface area contributed by atoms with E-state index in [1.165, 1.54) is 0 Å². The molecular formula is C24H25Cl2NO3. The molecule has 0 aliphatic rings. The number of aryl methyl sites for hydroxylation is 1. The molecule has 3 rings (SSSR count). The van der Waals surface area contributed by atoms with Crippen LogP contribution in [-0.2, 0) is 4.79 Å². The fourth-order valence-electron chi connectivity index (χ4n) is 3.50. The Bertz CT molecular complexity index is 1120. The van der Waals surface area contributed by atoms with Gasteiger partial charge in [0.2, 0.25) is 5.91 Å². The summed E-state index contributed by atoms with van der Waals surface area (Å²) in [5, 5.41) is 4.93. The topological polar surface area (TPSA) is 51.5 Å². The number of hydrogen-bond acceptors (Lipinski definition) is 3. The van der Waals surface area contributed by atoms with Gasteiger partial charge in [0.25, 0.3) is 0 Å². The van der Waals surface area contributed by atoms with E-state index in [9.17, 15) is 4.79 Å². The predicted molar refractivity (Wildman–Crippen MR) is 125 cm³/mol. The Balaban J connectivity index is 2.11. The van der Waals surface area contributed by atoms with Gasteiger partial charge >= 0.3 is 0 Å². The summed E-state index contributed by atoms with van der Waals surface area (Å²) >= 11 is 12.5. The highest BCUT2D eigenvalue weighted by atomic mass is 35.5. The van der Waals surface area contributed by atoms with Gasteiger partial charge in [-0.15, -0.1) is 0 Å². The fraction of sp³-hybridized carbons (Fsp3) is 0.292. The Labute approximate surface area is 186 Å². The fourth-order valence-corrected chi connectivity index (χ4v) is 4.01. The average Bonchev–Trinajstić information content (AvgIpc) is 3.12. The number of fused-ring (bicyclic) bond motifs is 1. The number of carbonyl (C=O) groups excluding carboxylic acids is 1. The molecule has 1 aromatic heterocycles. The monoisotopic (exact) mass is 445 g/mol. The van der Waals surface area contributed by atoms with Gasteiger partial charge in [-0.25, -0.2) is 0 Å². The number of rotatable bonds is 7. The van der Waals surface area contributed by atoms with Crippen LogP contribution in [0.2, 0.25) is 10.0 Å². The zero-order valence-corrected chi connectivity index (χ0v) is 19.1. The van der Waals surface area contributed by atoms with Crippen LogP contribution in [0.5, 0.6) is 5.75 Å². The maximum Gasteiger partial charge on any atom is 0.244 e. The molecule has 3 aromatic rings. The number of hydrogen-bond donors (Lipinski definition) is 1. The van der Waals surface area contributed by atoms with Crippen LogP contribution >= 0.6 is 23.2 Å². The van der Waals surface area contributed by atoms with Crippen LogP contribution in [-0.4, -0.2) is 19.6 Å². The SMILES string of the molecule is CCCCNC(=O)/C=C(\C)c1cc2c(-c3ccc(Cl)cc3Cl)coc2c(C)c1OC. The van der Waals surface area contributed by atoms with E-state index >= 15 is 0 Å². The third-order valence-electron chi connectivity index (χ3n) is 5.07. The second kappa shape index (κ2) is 9.59. The molecule has 158 valence electrons. The number of benzene rings is 2. The Kier molecular flexibility index (Phi) is 7.11. The molecule has 0 saturated heterocycles. The molecule has 0 radical (unpaired) electrons. The van der Waals surface area contributed by atoms with Crippen molar-refractivity contribution >= 4 is 45.7 Å². The summed E-state index contributed by atoms with van der Waals surface area (Å²) in [4.78, 5) is 12.3.